The minimum atomic E-state index is -0.545. The highest BCUT2D eigenvalue weighted by atomic mass is 35.5. The Bertz CT molecular complexity index is 731. The molecule has 5 heteroatoms. The van der Waals surface area contributed by atoms with Gasteiger partial charge in [-0.05, 0) is 55.2 Å². The van der Waals surface area contributed by atoms with Crippen LogP contribution in [0.15, 0.2) is 36.4 Å². The van der Waals surface area contributed by atoms with Crippen LogP contribution in [0.5, 0.6) is 5.75 Å². The SMILES string of the molecule is CC[C@H](Oc1cccc(C)c1C)C(=O)NCc1ccc(Cl)cc1Cl. The number of amides is 1. The van der Waals surface area contributed by atoms with Gasteiger partial charge in [0.25, 0.3) is 5.91 Å². The lowest BCUT2D eigenvalue weighted by atomic mass is 10.1. The Balaban J connectivity index is 2.02. The van der Waals surface area contributed by atoms with E-state index in [0.717, 1.165) is 22.4 Å². The predicted octanol–water partition coefficient (Wildman–Crippen LogP) is 5.08. The Kier molecular flexibility index (Phi) is 6.52. The highest BCUT2D eigenvalue weighted by Gasteiger charge is 2.19. The van der Waals surface area contributed by atoms with Gasteiger partial charge in [0.05, 0.1) is 0 Å². The molecule has 0 radical (unpaired) electrons. The summed E-state index contributed by atoms with van der Waals surface area (Å²) >= 11 is 12.0. The molecule has 24 heavy (non-hydrogen) atoms. The van der Waals surface area contributed by atoms with Crippen molar-refractivity contribution in [3.63, 3.8) is 0 Å². The van der Waals surface area contributed by atoms with E-state index >= 15 is 0 Å². The van der Waals surface area contributed by atoms with Gasteiger partial charge in [0.15, 0.2) is 6.10 Å². The molecule has 0 aliphatic carbocycles. The van der Waals surface area contributed by atoms with Crippen molar-refractivity contribution in [2.24, 2.45) is 0 Å². The van der Waals surface area contributed by atoms with Gasteiger partial charge < -0.3 is 10.1 Å². The van der Waals surface area contributed by atoms with Crippen molar-refractivity contribution in [3.8, 4) is 5.75 Å². The zero-order chi connectivity index (χ0) is 17.7. The Morgan fingerprint density at radius 2 is 1.96 bits per heavy atom. The fourth-order valence-corrected chi connectivity index (χ4v) is 2.76. The Hall–Kier alpha value is -1.71. The van der Waals surface area contributed by atoms with Crippen LogP contribution in [0.4, 0.5) is 0 Å². The molecule has 128 valence electrons. The monoisotopic (exact) mass is 365 g/mol. The van der Waals surface area contributed by atoms with E-state index in [0.29, 0.717) is 23.0 Å². The number of aryl methyl sites for hydroxylation is 1. The van der Waals surface area contributed by atoms with E-state index in [-0.39, 0.29) is 5.91 Å². The van der Waals surface area contributed by atoms with Crippen LogP contribution >= 0.6 is 23.2 Å². The molecule has 0 unspecified atom stereocenters. The molecular formula is C19H21Cl2NO2. The van der Waals surface area contributed by atoms with Gasteiger partial charge in [-0.2, -0.15) is 0 Å². The highest BCUT2D eigenvalue weighted by molar-refractivity contribution is 6.35. The number of benzene rings is 2. The zero-order valence-corrected chi connectivity index (χ0v) is 15.5. The van der Waals surface area contributed by atoms with Crippen LogP contribution in [0.25, 0.3) is 0 Å². The van der Waals surface area contributed by atoms with Crippen LogP contribution in [0.1, 0.15) is 30.0 Å². The maximum atomic E-state index is 12.4. The third kappa shape index (κ3) is 4.65. The average molecular weight is 366 g/mol. The molecule has 0 spiro atoms. The zero-order valence-electron chi connectivity index (χ0n) is 14.0. The van der Waals surface area contributed by atoms with Crippen LogP contribution in [0, 0.1) is 13.8 Å². The topological polar surface area (TPSA) is 38.3 Å². The van der Waals surface area contributed by atoms with Gasteiger partial charge >= 0.3 is 0 Å². The Morgan fingerprint density at radius 3 is 2.62 bits per heavy atom. The summed E-state index contributed by atoms with van der Waals surface area (Å²) in [6, 6.07) is 11.0. The van der Waals surface area contributed by atoms with Gasteiger partial charge in [-0.15, -0.1) is 0 Å². The lowest BCUT2D eigenvalue weighted by Gasteiger charge is -2.19. The first-order valence-corrected chi connectivity index (χ1v) is 8.62. The molecule has 2 rings (SSSR count). The number of carbonyl (C=O) groups is 1. The second-order valence-electron chi connectivity index (χ2n) is 5.67. The van der Waals surface area contributed by atoms with Crippen molar-refractivity contribution in [1.29, 1.82) is 0 Å². The summed E-state index contributed by atoms with van der Waals surface area (Å²) in [6.07, 6.45) is 0.0321. The number of nitrogens with one attached hydrogen (secondary N) is 1. The summed E-state index contributed by atoms with van der Waals surface area (Å²) in [5.41, 5.74) is 3.00. The summed E-state index contributed by atoms with van der Waals surface area (Å²) in [4.78, 5) is 12.4. The maximum absolute atomic E-state index is 12.4. The van der Waals surface area contributed by atoms with Crippen molar-refractivity contribution in [1.82, 2.24) is 5.32 Å². The average Bonchev–Trinajstić information content (AvgIpc) is 2.55. The van der Waals surface area contributed by atoms with Gasteiger partial charge in [-0.1, -0.05) is 48.3 Å². The number of halogens is 2. The molecule has 0 aromatic heterocycles. The minimum absolute atomic E-state index is 0.163. The third-order valence-electron chi connectivity index (χ3n) is 3.96. The predicted molar refractivity (Wildman–Crippen MR) is 98.9 cm³/mol. The van der Waals surface area contributed by atoms with E-state index in [9.17, 15) is 4.79 Å². The number of hydrogen-bond acceptors (Lipinski definition) is 2. The maximum Gasteiger partial charge on any atom is 0.261 e. The largest absolute Gasteiger partial charge is 0.480 e. The first kappa shape index (κ1) is 18.6. The lowest BCUT2D eigenvalue weighted by molar-refractivity contribution is -0.128. The van der Waals surface area contributed by atoms with E-state index in [4.69, 9.17) is 27.9 Å². The van der Waals surface area contributed by atoms with Crippen molar-refractivity contribution in [2.75, 3.05) is 0 Å². The number of rotatable bonds is 6. The van der Waals surface area contributed by atoms with Gasteiger partial charge in [0.1, 0.15) is 5.75 Å². The first-order valence-electron chi connectivity index (χ1n) is 7.87. The standard InChI is InChI=1S/C19H21Cl2NO2/c1-4-17(24-18-7-5-6-12(2)13(18)3)19(23)22-11-14-8-9-15(20)10-16(14)21/h5-10,17H,4,11H2,1-3H3,(H,22,23)/t17-/m0/s1. The smallest absolute Gasteiger partial charge is 0.261 e. The molecule has 0 bridgehead atoms. The Labute approximate surface area is 152 Å². The van der Waals surface area contributed by atoms with Crippen LogP contribution in [0.2, 0.25) is 10.0 Å². The molecule has 2 aromatic rings. The number of hydrogen-bond donors (Lipinski definition) is 1. The number of carbonyl (C=O) groups excluding carboxylic acids is 1. The summed E-state index contributed by atoms with van der Waals surface area (Å²) in [6.45, 7) is 6.26. The van der Waals surface area contributed by atoms with Crippen LogP contribution in [0.3, 0.4) is 0 Å². The van der Waals surface area contributed by atoms with Gasteiger partial charge in [-0.25, -0.2) is 0 Å². The molecule has 0 aliphatic rings. The van der Waals surface area contributed by atoms with Crippen LogP contribution in [-0.4, -0.2) is 12.0 Å². The lowest BCUT2D eigenvalue weighted by Crippen LogP contribution is -2.37. The van der Waals surface area contributed by atoms with Crippen LogP contribution < -0.4 is 10.1 Å². The molecule has 1 atom stereocenters. The van der Waals surface area contributed by atoms with Crippen molar-refractivity contribution >= 4 is 29.1 Å². The van der Waals surface area contributed by atoms with Gasteiger partial charge in [0, 0.05) is 16.6 Å². The molecule has 0 fully saturated rings. The van der Waals surface area contributed by atoms with E-state index in [2.05, 4.69) is 5.32 Å². The minimum Gasteiger partial charge on any atom is -0.480 e. The molecule has 3 nitrogen and oxygen atoms in total. The van der Waals surface area contributed by atoms with E-state index < -0.39 is 6.10 Å². The fourth-order valence-electron chi connectivity index (χ4n) is 2.29. The molecule has 1 amide bonds. The molecule has 0 heterocycles. The van der Waals surface area contributed by atoms with Crippen molar-refractivity contribution in [3.05, 3.63) is 63.1 Å². The normalized spacial score (nSPS) is 11.9. The first-order chi connectivity index (χ1) is 11.4. The molecule has 0 saturated heterocycles. The summed E-state index contributed by atoms with van der Waals surface area (Å²) in [5.74, 6) is 0.575. The molecule has 2 aromatic carbocycles. The van der Waals surface area contributed by atoms with Gasteiger partial charge in [-0.3, -0.25) is 4.79 Å². The number of ether oxygens (including phenoxy) is 1. The second kappa shape index (κ2) is 8.41. The van der Waals surface area contributed by atoms with Crippen molar-refractivity contribution in [2.45, 2.75) is 39.8 Å². The van der Waals surface area contributed by atoms with Crippen LogP contribution in [-0.2, 0) is 11.3 Å². The van der Waals surface area contributed by atoms with E-state index in [1.807, 2.05) is 39.0 Å². The van der Waals surface area contributed by atoms with Gasteiger partial charge in [0.2, 0.25) is 0 Å². The molecule has 0 saturated carbocycles. The fraction of sp³-hybridized carbons (Fsp3) is 0.316. The summed E-state index contributed by atoms with van der Waals surface area (Å²) in [7, 11) is 0. The third-order valence-corrected chi connectivity index (χ3v) is 4.54. The summed E-state index contributed by atoms with van der Waals surface area (Å²) < 4.78 is 5.91. The molecule has 1 N–H and O–H groups in total. The molecular weight excluding hydrogens is 345 g/mol. The quantitative estimate of drug-likeness (QED) is 0.774. The summed E-state index contributed by atoms with van der Waals surface area (Å²) in [5, 5.41) is 3.98. The van der Waals surface area contributed by atoms with E-state index in [1.54, 1.807) is 18.2 Å². The van der Waals surface area contributed by atoms with E-state index in [1.165, 1.54) is 0 Å². The highest BCUT2D eigenvalue weighted by Crippen LogP contribution is 2.23. The van der Waals surface area contributed by atoms with Crippen molar-refractivity contribution < 1.29 is 9.53 Å². The Morgan fingerprint density at radius 1 is 1.21 bits per heavy atom. The second-order valence-corrected chi connectivity index (χ2v) is 6.51. The molecule has 0 aliphatic heterocycles.